The van der Waals surface area contributed by atoms with Gasteiger partial charge in [-0.25, -0.2) is 0 Å². The third-order valence-corrected chi connectivity index (χ3v) is 3.84. The van der Waals surface area contributed by atoms with Crippen LogP contribution in [-0.2, 0) is 0 Å². The molecule has 1 aromatic carbocycles. The van der Waals surface area contributed by atoms with Crippen molar-refractivity contribution in [2.75, 3.05) is 30.4 Å². The number of rotatable bonds is 1. The molecule has 3 rings (SSSR count). The fourth-order valence-electron chi connectivity index (χ4n) is 2.90. The normalized spacial score (nSPS) is 25.3. The SMILES string of the molecule is CN1c2ccccc2NC1C1CCNCC1. The van der Waals surface area contributed by atoms with Gasteiger partial charge in [-0.1, -0.05) is 12.1 Å². The van der Waals surface area contributed by atoms with Gasteiger partial charge >= 0.3 is 0 Å². The number of hydrogen-bond donors (Lipinski definition) is 2. The number of benzene rings is 1. The van der Waals surface area contributed by atoms with E-state index in [0.29, 0.717) is 6.17 Å². The van der Waals surface area contributed by atoms with E-state index >= 15 is 0 Å². The van der Waals surface area contributed by atoms with Crippen LogP contribution in [0.2, 0.25) is 0 Å². The molecule has 86 valence electrons. The molecule has 0 amide bonds. The molecule has 0 spiro atoms. The van der Waals surface area contributed by atoms with E-state index < -0.39 is 0 Å². The molecule has 1 atom stereocenters. The first kappa shape index (κ1) is 9.97. The van der Waals surface area contributed by atoms with Gasteiger partial charge < -0.3 is 15.5 Å². The summed E-state index contributed by atoms with van der Waals surface area (Å²) in [5, 5.41) is 7.08. The molecule has 3 heteroatoms. The number of fused-ring (bicyclic) bond motifs is 1. The van der Waals surface area contributed by atoms with Crippen molar-refractivity contribution in [3.63, 3.8) is 0 Å². The Bertz CT molecular complexity index is 371. The van der Waals surface area contributed by atoms with Gasteiger partial charge in [-0.2, -0.15) is 0 Å². The van der Waals surface area contributed by atoms with E-state index in [9.17, 15) is 0 Å². The van der Waals surface area contributed by atoms with Crippen LogP contribution in [-0.4, -0.2) is 26.3 Å². The molecular weight excluding hydrogens is 198 g/mol. The number of para-hydroxylation sites is 2. The van der Waals surface area contributed by atoms with E-state index in [1.54, 1.807) is 0 Å². The summed E-state index contributed by atoms with van der Waals surface area (Å²) in [6.07, 6.45) is 3.03. The summed E-state index contributed by atoms with van der Waals surface area (Å²) in [5.74, 6) is 0.763. The van der Waals surface area contributed by atoms with Crippen molar-refractivity contribution in [2.24, 2.45) is 5.92 Å². The number of piperidine rings is 1. The highest BCUT2D eigenvalue weighted by Gasteiger charge is 2.32. The van der Waals surface area contributed by atoms with Crippen molar-refractivity contribution in [1.29, 1.82) is 0 Å². The molecule has 3 nitrogen and oxygen atoms in total. The topological polar surface area (TPSA) is 27.3 Å². The van der Waals surface area contributed by atoms with E-state index in [0.717, 1.165) is 19.0 Å². The minimum Gasteiger partial charge on any atom is -0.363 e. The van der Waals surface area contributed by atoms with Crippen LogP contribution in [0, 0.1) is 5.92 Å². The van der Waals surface area contributed by atoms with Gasteiger partial charge in [-0.15, -0.1) is 0 Å². The molecular formula is C13H19N3. The lowest BCUT2D eigenvalue weighted by Gasteiger charge is -2.33. The van der Waals surface area contributed by atoms with Gasteiger partial charge in [0, 0.05) is 13.0 Å². The number of hydrogen-bond acceptors (Lipinski definition) is 3. The van der Waals surface area contributed by atoms with Crippen LogP contribution in [0.5, 0.6) is 0 Å². The van der Waals surface area contributed by atoms with E-state index in [1.807, 2.05) is 0 Å². The van der Waals surface area contributed by atoms with Crippen molar-refractivity contribution in [1.82, 2.24) is 5.32 Å². The fourth-order valence-corrected chi connectivity index (χ4v) is 2.90. The Balaban J connectivity index is 1.80. The molecule has 1 unspecified atom stereocenters. The quantitative estimate of drug-likeness (QED) is 0.752. The Morgan fingerprint density at radius 2 is 1.94 bits per heavy atom. The van der Waals surface area contributed by atoms with Crippen LogP contribution >= 0.6 is 0 Å². The van der Waals surface area contributed by atoms with Crippen molar-refractivity contribution < 1.29 is 0 Å². The molecule has 2 aliphatic heterocycles. The fraction of sp³-hybridized carbons (Fsp3) is 0.538. The highest BCUT2D eigenvalue weighted by atomic mass is 15.3. The molecule has 0 radical (unpaired) electrons. The van der Waals surface area contributed by atoms with Gasteiger partial charge in [-0.05, 0) is 38.1 Å². The first-order chi connectivity index (χ1) is 7.86. The van der Waals surface area contributed by atoms with E-state index in [-0.39, 0.29) is 0 Å². The molecule has 0 saturated carbocycles. The molecule has 16 heavy (non-hydrogen) atoms. The Kier molecular flexibility index (Phi) is 2.48. The van der Waals surface area contributed by atoms with E-state index in [2.05, 4.69) is 46.8 Å². The molecule has 0 aliphatic carbocycles. The Hall–Kier alpha value is -1.22. The highest BCUT2D eigenvalue weighted by Crippen LogP contribution is 2.37. The van der Waals surface area contributed by atoms with Crippen molar-refractivity contribution in [2.45, 2.75) is 19.0 Å². The van der Waals surface area contributed by atoms with Crippen LogP contribution < -0.4 is 15.5 Å². The molecule has 2 N–H and O–H groups in total. The third kappa shape index (κ3) is 1.55. The summed E-state index contributed by atoms with van der Waals surface area (Å²) >= 11 is 0. The first-order valence-electron chi connectivity index (χ1n) is 6.15. The van der Waals surface area contributed by atoms with Crippen molar-refractivity contribution in [3.8, 4) is 0 Å². The summed E-state index contributed by atoms with van der Waals surface area (Å²) in [6.45, 7) is 2.32. The minimum atomic E-state index is 0.486. The van der Waals surface area contributed by atoms with Gasteiger partial charge in [0.1, 0.15) is 6.17 Å². The van der Waals surface area contributed by atoms with Gasteiger partial charge in [0.25, 0.3) is 0 Å². The molecule has 1 fully saturated rings. The zero-order valence-electron chi connectivity index (χ0n) is 9.74. The zero-order chi connectivity index (χ0) is 11.0. The second-order valence-electron chi connectivity index (χ2n) is 4.80. The van der Waals surface area contributed by atoms with Crippen LogP contribution in [0.3, 0.4) is 0 Å². The summed E-state index contributed by atoms with van der Waals surface area (Å²) in [6, 6.07) is 8.59. The lowest BCUT2D eigenvalue weighted by atomic mass is 9.94. The summed E-state index contributed by atoms with van der Waals surface area (Å²) in [4.78, 5) is 2.39. The molecule has 1 aromatic rings. The lowest BCUT2D eigenvalue weighted by molar-refractivity contribution is 0.334. The summed E-state index contributed by atoms with van der Waals surface area (Å²) in [5.41, 5.74) is 2.62. The maximum Gasteiger partial charge on any atom is 0.102 e. The Labute approximate surface area is 96.8 Å². The molecule has 2 heterocycles. The summed E-state index contributed by atoms with van der Waals surface area (Å²) in [7, 11) is 2.20. The Morgan fingerprint density at radius 1 is 1.19 bits per heavy atom. The van der Waals surface area contributed by atoms with Crippen LogP contribution in [0.1, 0.15) is 12.8 Å². The minimum absolute atomic E-state index is 0.486. The van der Waals surface area contributed by atoms with Gasteiger partial charge in [0.05, 0.1) is 11.4 Å². The number of nitrogens with zero attached hydrogens (tertiary/aromatic N) is 1. The van der Waals surface area contributed by atoms with E-state index in [4.69, 9.17) is 0 Å². The number of anilines is 2. The third-order valence-electron chi connectivity index (χ3n) is 3.84. The van der Waals surface area contributed by atoms with Gasteiger partial charge in [0.2, 0.25) is 0 Å². The monoisotopic (exact) mass is 217 g/mol. The maximum absolute atomic E-state index is 3.65. The predicted octanol–water partition coefficient (Wildman–Crippen LogP) is 1.87. The largest absolute Gasteiger partial charge is 0.363 e. The van der Waals surface area contributed by atoms with Gasteiger partial charge in [-0.3, -0.25) is 0 Å². The second kappa shape index (κ2) is 3.98. The summed E-state index contributed by atoms with van der Waals surface area (Å²) < 4.78 is 0. The molecule has 1 saturated heterocycles. The number of nitrogens with one attached hydrogen (secondary N) is 2. The highest BCUT2D eigenvalue weighted by molar-refractivity contribution is 5.75. The van der Waals surface area contributed by atoms with Crippen LogP contribution in [0.25, 0.3) is 0 Å². The second-order valence-corrected chi connectivity index (χ2v) is 4.80. The molecule has 2 aliphatic rings. The van der Waals surface area contributed by atoms with Crippen molar-refractivity contribution in [3.05, 3.63) is 24.3 Å². The smallest absolute Gasteiger partial charge is 0.102 e. The Morgan fingerprint density at radius 3 is 2.69 bits per heavy atom. The standard InChI is InChI=1S/C13H19N3/c1-16-12-5-3-2-4-11(12)15-13(16)10-6-8-14-9-7-10/h2-5,10,13-15H,6-9H2,1H3. The van der Waals surface area contributed by atoms with Crippen molar-refractivity contribution >= 4 is 11.4 Å². The van der Waals surface area contributed by atoms with Gasteiger partial charge in [0.15, 0.2) is 0 Å². The van der Waals surface area contributed by atoms with E-state index in [1.165, 1.54) is 24.2 Å². The predicted molar refractivity (Wildman–Crippen MR) is 67.8 cm³/mol. The van der Waals surface area contributed by atoms with Crippen LogP contribution in [0.15, 0.2) is 24.3 Å². The zero-order valence-corrected chi connectivity index (χ0v) is 9.74. The molecule has 0 bridgehead atoms. The lowest BCUT2D eigenvalue weighted by Crippen LogP contribution is -2.44. The molecule has 0 aromatic heterocycles. The average Bonchev–Trinajstić information content (AvgIpc) is 2.69. The first-order valence-corrected chi connectivity index (χ1v) is 6.15. The van der Waals surface area contributed by atoms with Crippen LogP contribution in [0.4, 0.5) is 11.4 Å². The average molecular weight is 217 g/mol. The maximum atomic E-state index is 3.65.